The monoisotopic (exact) mass is 164 g/mol. The molecule has 0 aromatic carbocycles. The van der Waals surface area contributed by atoms with E-state index in [1.807, 2.05) is 0 Å². The van der Waals surface area contributed by atoms with Crippen LogP contribution >= 0.6 is 0 Å². The molecule has 2 atom stereocenters. The molecule has 0 amide bonds. The molecule has 0 radical (unpaired) electrons. The second-order valence-corrected chi connectivity index (χ2v) is 4.01. The molecule has 2 saturated heterocycles. The summed E-state index contributed by atoms with van der Waals surface area (Å²) in [5, 5.41) is 0. The highest BCUT2D eigenvalue weighted by Crippen LogP contribution is 2.29. The highest BCUT2D eigenvalue weighted by Gasteiger charge is 2.39. The van der Waals surface area contributed by atoms with Crippen molar-refractivity contribution in [3.63, 3.8) is 0 Å². The topological polar surface area (TPSA) is 6.48 Å². The summed E-state index contributed by atoms with van der Waals surface area (Å²) in [4.78, 5) is 4.87. The van der Waals surface area contributed by atoms with Crippen molar-refractivity contribution in [2.24, 2.45) is 5.92 Å². The Labute approximate surface area is 74.5 Å². The van der Waals surface area contributed by atoms with Crippen molar-refractivity contribution in [3.8, 4) is 12.3 Å². The van der Waals surface area contributed by atoms with E-state index in [-0.39, 0.29) is 0 Å². The number of fused-ring (bicyclic) bond motifs is 1. The average molecular weight is 164 g/mol. The lowest BCUT2D eigenvalue weighted by atomic mass is 10.1. The highest BCUT2D eigenvalue weighted by atomic mass is 15.3. The molecule has 0 aromatic rings. The number of nitrogens with zero attached hydrogens (tertiary/aromatic N) is 2. The van der Waals surface area contributed by atoms with Crippen LogP contribution in [0.2, 0.25) is 0 Å². The normalized spacial score (nSPS) is 36.7. The van der Waals surface area contributed by atoms with Crippen molar-refractivity contribution in [1.29, 1.82) is 0 Å². The van der Waals surface area contributed by atoms with Crippen LogP contribution < -0.4 is 0 Å². The summed E-state index contributed by atoms with van der Waals surface area (Å²) in [5.41, 5.74) is 0. The largest absolute Gasteiger partial charge is 0.304 e. The molecule has 2 fully saturated rings. The van der Waals surface area contributed by atoms with Crippen LogP contribution in [0.15, 0.2) is 0 Å². The standard InChI is InChI=1S/C10H16N2/c1-3-5-12-6-4-9-7-11(2)8-10(9)12/h1,9-10H,4-8H2,2H3. The summed E-state index contributed by atoms with van der Waals surface area (Å²) in [7, 11) is 2.20. The van der Waals surface area contributed by atoms with Gasteiger partial charge in [-0.2, -0.15) is 0 Å². The number of hydrogen-bond donors (Lipinski definition) is 0. The van der Waals surface area contributed by atoms with Crippen molar-refractivity contribution < 1.29 is 0 Å². The molecule has 0 aromatic heterocycles. The number of rotatable bonds is 1. The maximum absolute atomic E-state index is 5.32. The molecule has 0 spiro atoms. The summed E-state index contributed by atoms with van der Waals surface area (Å²) >= 11 is 0. The molecule has 2 heterocycles. The Bertz CT molecular complexity index is 206. The molecule has 0 saturated carbocycles. The summed E-state index contributed by atoms with van der Waals surface area (Å²) in [6.07, 6.45) is 6.66. The lowest BCUT2D eigenvalue weighted by Gasteiger charge is -2.20. The third-order valence-corrected chi connectivity index (χ3v) is 3.14. The van der Waals surface area contributed by atoms with Crippen molar-refractivity contribution in [3.05, 3.63) is 0 Å². The van der Waals surface area contributed by atoms with Gasteiger partial charge in [-0.25, -0.2) is 0 Å². The zero-order valence-electron chi connectivity index (χ0n) is 7.66. The number of terminal acetylenes is 1. The summed E-state index contributed by atoms with van der Waals surface area (Å²) in [6.45, 7) is 4.54. The van der Waals surface area contributed by atoms with Crippen LogP contribution in [0.25, 0.3) is 0 Å². The number of hydrogen-bond acceptors (Lipinski definition) is 2. The molecule has 2 nitrogen and oxygen atoms in total. The van der Waals surface area contributed by atoms with E-state index < -0.39 is 0 Å². The molecule has 2 heteroatoms. The van der Waals surface area contributed by atoms with Crippen LogP contribution in [-0.2, 0) is 0 Å². The maximum atomic E-state index is 5.32. The Morgan fingerprint density at radius 1 is 1.50 bits per heavy atom. The van der Waals surface area contributed by atoms with Crippen LogP contribution in [-0.4, -0.2) is 49.1 Å². The second-order valence-electron chi connectivity index (χ2n) is 4.01. The van der Waals surface area contributed by atoms with Gasteiger partial charge in [-0.3, -0.25) is 4.90 Å². The Morgan fingerprint density at radius 2 is 2.33 bits per heavy atom. The number of likely N-dealkylation sites (N-methyl/N-ethyl adjacent to an activating group) is 1. The highest BCUT2D eigenvalue weighted by molar-refractivity contribution is 4.99. The van der Waals surface area contributed by atoms with Crippen molar-refractivity contribution >= 4 is 0 Å². The Balaban J connectivity index is 1.99. The fourth-order valence-corrected chi connectivity index (χ4v) is 2.57. The van der Waals surface area contributed by atoms with E-state index in [2.05, 4.69) is 22.8 Å². The van der Waals surface area contributed by atoms with Gasteiger partial charge in [0.2, 0.25) is 0 Å². The van der Waals surface area contributed by atoms with Crippen LogP contribution in [0.4, 0.5) is 0 Å². The third kappa shape index (κ3) is 1.24. The van der Waals surface area contributed by atoms with E-state index in [1.54, 1.807) is 0 Å². The van der Waals surface area contributed by atoms with E-state index in [0.29, 0.717) is 0 Å². The van der Waals surface area contributed by atoms with E-state index >= 15 is 0 Å². The van der Waals surface area contributed by atoms with Gasteiger partial charge in [0.1, 0.15) is 0 Å². The van der Waals surface area contributed by atoms with Gasteiger partial charge in [-0.15, -0.1) is 6.42 Å². The predicted molar refractivity (Wildman–Crippen MR) is 49.8 cm³/mol. The van der Waals surface area contributed by atoms with Crippen LogP contribution in [0.1, 0.15) is 6.42 Å². The molecule has 12 heavy (non-hydrogen) atoms. The van der Waals surface area contributed by atoms with E-state index in [1.165, 1.54) is 26.1 Å². The van der Waals surface area contributed by atoms with Crippen molar-refractivity contribution in [2.75, 3.05) is 33.2 Å². The molecule has 0 aliphatic carbocycles. The summed E-state index contributed by atoms with van der Waals surface area (Å²) < 4.78 is 0. The molecule has 2 rings (SSSR count). The zero-order chi connectivity index (χ0) is 8.55. The first kappa shape index (κ1) is 8.10. The Kier molecular flexibility index (Phi) is 2.08. The van der Waals surface area contributed by atoms with Gasteiger partial charge in [0.05, 0.1) is 6.54 Å². The van der Waals surface area contributed by atoms with Crippen LogP contribution in [0.3, 0.4) is 0 Å². The van der Waals surface area contributed by atoms with Gasteiger partial charge >= 0.3 is 0 Å². The van der Waals surface area contributed by atoms with Crippen LogP contribution in [0, 0.1) is 18.3 Å². The average Bonchev–Trinajstić information content (AvgIpc) is 2.52. The fourth-order valence-electron chi connectivity index (χ4n) is 2.57. The second kappa shape index (κ2) is 3.08. The molecule has 2 aliphatic heterocycles. The lowest BCUT2D eigenvalue weighted by molar-refractivity contribution is 0.261. The minimum absolute atomic E-state index is 0.756. The SMILES string of the molecule is C#CCN1CCC2CN(C)CC21. The Hall–Kier alpha value is -0.520. The fraction of sp³-hybridized carbons (Fsp3) is 0.800. The maximum Gasteiger partial charge on any atom is 0.0601 e. The predicted octanol–water partition coefficient (Wildman–Crippen LogP) is 0.255. The first-order chi connectivity index (χ1) is 5.81. The van der Waals surface area contributed by atoms with E-state index in [9.17, 15) is 0 Å². The van der Waals surface area contributed by atoms with Gasteiger partial charge in [-0.05, 0) is 25.9 Å². The molecule has 2 unspecified atom stereocenters. The molecule has 66 valence electrons. The summed E-state index contributed by atoms with van der Waals surface area (Å²) in [5.74, 6) is 3.64. The first-order valence-corrected chi connectivity index (χ1v) is 4.67. The first-order valence-electron chi connectivity index (χ1n) is 4.67. The molecule has 0 N–H and O–H groups in total. The Morgan fingerprint density at radius 3 is 3.08 bits per heavy atom. The van der Waals surface area contributed by atoms with Gasteiger partial charge in [-0.1, -0.05) is 5.92 Å². The number of likely N-dealkylation sites (tertiary alicyclic amines) is 2. The minimum Gasteiger partial charge on any atom is -0.304 e. The molecular weight excluding hydrogens is 148 g/mol. The van der Waals surface area contributed by atoms with Crippen molar-refractivity contribution in [1.82, 2.24) is 9.80 Å². The quantitative estimate of drug-likeness (QED) is 0.513. The lowest BCUT2D eigenvalue weighted by Crippen LogP contribution is -2.34. The van der Waals surface area contributed by atoms with Crippen LogP contribution in [0.5, 0.6) is 0 Å². The van der Waals surface area contributed by atoms with Gasteiger partial charge in [0.25, 0.3) is 0 Å². The molecule has 0 bridgehead atoms. The van der Waals surface area contributed by atoms with Crippen molar-refractivity contribution in [2.45, 2.75) is 12.5 Å². The van der Waals surface area contributed by atoms with Gasteiger partial charge in [0, 0.05) is 19.1 Å². The minimum atomic E-state index is 0.756. The smallest absolute Gasteiger partial charge is 0.0601 e. The van der Waals surface area contributed by atoms with Gasteiger partial charge < -0.3 is 4.90 Å². The zero-order valence-corrected chi connectivity index (χ0v) is 7.66. The van der Waals surface area contributed by atoms with E-state index in [0.717, 1.165) is 18.5 Å². The molecule has 2 aliphatic rings. The van der Waals surface area contributed by atoms with E-state index in [4.69, 9.17) is 6.42 Å². The third-order valence-electron chi connectivity index (χ3n) is 3.14. The summed E-state index contributed by atoms with van der Waals surface area (Å²) in [6, 6.07) is 0.756. The van der Waals surface area contributed by atoms with Gasteiger partial charge in [0.15, 0.2) is 0 Å². The molecular formula is C10H16N2.